The highest BCUT2D eigenvalue weighted by atomic mass is 19.4. The molecule has 1 N–H and O–H groups in total. The van der Waals surface area contributed by atoms with E-state index >= 15 is 0 Å². The number of nitrogens with one attached hydrogen (secondary N) is 1. The first-order valence-corrected chi connectivity index (χ1v) is 8.61. The molecule has 1 atom stereocenters. The fourth-order valence-corrected chi connectivity index (χ4v) is 2.57. The highest BCUT2D eigenvalue weighted by Crippen LogP contribution is 2.33. The summed E-state index contributed by atoms with van der Waals surface area (Å²) in [6.07, 6.45) is -4.79. The van der Waals surface area contributed by atoms with Crippen molar-refractivity contribution in [2.24, 2.45) is 0 Å². The molecule has 0 aliphatic rings. The standard InChI is InChI=1S/C21H14F4N2O3/c22-15-5-3-14(4-6-15)19(21(23,24)25)27-20(28)18-10-9-17(30-18)12-29-16-7-1-13(11-26)2-8-16/h1-10,19H,12H2,(H,27,28). The molecule has 154 valence electrons. The number of amides is 1. The Hall–Kier alpha value is -3.80. The van der Waals surface area contributed by atoms with Gasteiger partial charge in [0.1, 0.15) is 23.9 Å². The zero-order valence-corrected chi connectivity index (χ0v) is 15.2. The number of rotatable bonds is 6. The van der Waals surface area contributed by atoms with E-state index < -0.39 is 23.9 Å². The molecule has 3 rings (SSSR count). The van der Waals surface area contributed by atoms with E-state index in [1.807, 2.05) is 11.4 Å². The largest absolute Gasteiger partial charge is 0.486 e. The number of carbonyl (C=O) groups is 1. The molecular weight excluding hydrogens is 404 g/mol. The zero-order chi connectivity index (χ0) is 21.7. The number of nitrogens with zero attached hydrogens (tertiary/aromatic N) is 1. The molecule has 1 heterocycles. The maximum absolute atomic E-state index is 13.4. The lowest BCUT2D eigenvalue weighted by atomic mass is 10.1. The molecular formula is C21H14F4N2O3. The highest BCUT2D eigenvalue weighted by molar-refractivity contribution is 5.91. The number of halogens is 4. The summed E-state index contributed by atoms with van der Waals surface area (Å²) in [5.41, 5.74) is 0.146. The molecule has 3 aromatic rings. The van der Waals surface area contributed by atoms with E-state index in [1.165, 1.54) is 12.1 Å². The minimum absolute atomic E-state index is 0.0696. The van der Waals surface area contributed by atoms with Crippen molar-refractivity contribution in [2.45, 2.75) is 18.8 Å². The quantitative estimate of drug-likeness (QED) is 0.578. The summed E-state index contributed by atoms with van der Waals surface area (Å²) in [4.78, 5) is 12.2. The predicted octanol–water partition coefficient (Wildman–Crippen LogP) is 4.90. The maximum Gasteiger partial charge on any atom is 0.412 e. The van der Waals surface area contributed by atoms with Gasteiger partial charge in [-0.15, -0.1) is 0 Å². The summed E-state index contributed by atoms with van der Waals surface area (Å²) < 4.78 is 63.8. The number of furan rings is 1. The van der Waals surface area contributed by atoms with Crippen molar-refractivity contribution in [1.29, 1.82) is 5.26 Å². The number of alkyl halides is 3. The van der Waals surface area contributed by atoms with Gasteiger partial charge in [0.05, 0.1) is 11.6 Å². The molecule has 5 nitrogen and oxygen atoms in total. The van der Waals surface area contributed by atoms with E-state index in [0.29, 0.717) is 11.3 Å². The van der Waals surface area contributed by atoms with Crippen molar-refractivity contribution in [2.75, 3.05) is 0 Å². The van der Waals surface area contributed by atoms with Crippen molar-refractivity contribution in [1.82, 2.24) is 5.32 Å². The van der Waals surface area contributed by atoms with Crippen LogP contribution < -0.4 is 10.1 Å². The molecule has 0 saturated heterocycles. The van der Waals surface area contributed by atoms with Crippen LogP contribution >= 0.6 is 0 Å². The van der Waals surface area contributed by atoms with Crippen LogP contribution in [0.3, 0.4) is 0 Å². The molecule has 1 aromatic heterocycles. The van der Waals surface area contributed by atoms with Gasteiger partial charge >= 0.3 is 6.18 Å². The molecule has 0 aliphatic carbocycles. The molecule has 2 aromatic carbocycles. The Morgan fingerprint density at radius 2 is 1.73 bits per heavy atom. The molecule has 0 bridgehead atoms. The lowest BCUT2D eigenvalue weighted by molar-refractivity contribution is -0.155. The van der Waals surface area contributed by atoms with Crippen molar-refractivity contribution in [3.05, 3.63) is 89.1 Å². The van der Waals surface area contributed by atoms with Gasteiger partial charge in [-0.05, 0) is 54.1 Å². The minimum Gasteiger partial charge on any atom is -0.486 e. The number of nitriles is 1. The van der Waals surface area contributed by atoms with Gasteiger partial charge in [0.25, 0.3) is 5.91 Å². The number of hydrogen-bond donors (Lipinski definition) is 1. The molecule has 1 unspecified atom stereocenters. The number of ether oxygens (including phenoxy) is 1. The van der Waals surface area contributed by atoms with Crippen LogP contribution in [0.5, 0.6) is 5.75 Å². The van der Waals surface area contributed by atoms with E-state index in [-0.39, 0.29) is 23.7 Å². The van der Waals surface area contributed by atoms with Crippen molar-refractivity contribution >= 4 is 5.91 Å². The summed E-state index contributed by atoms with van der Waals surface area (Å²) in [5, 5.41) is 10.6. The summed E-state index contributed by atoms with van der Waals surface area (Å²) in [6, 6.07) is 12.2. The van der Waals surface area contributed by atoms with Crippen LogP contribution in [0.1, 0.15) is 33.5 Å². The molecule has 0 radical (unpaired) electrons. The van der Waals surface area contributed by atoms with Gasteiger partial charge in [-0.3, -0.25) is 4.79 Å². The first-order valence-electron chi connectivity index (χ1n) is 8.61. The average Bonchev–Trinajstić information content (AvgIpc) is 3.20. The van der Waals surface area contributed by atoms with Gasteiger partial charge in [-0.2, -0.15) is 18.4 Å². The van der Waals surface area contributed by atoms with Crippen LogP contribution in [0.2, 0.25) is 0 Å². The van der Waals surface area contributed by atoms with Crippen molar-refractivity contribution < 1.29 is 31.5 Å². The Morgan fingerprint density at radius 1 is 1.07 bits per heavy atom. The Labute approximate surface area is 168 Å². The predicted molar refractivity (Wildman–Crippen MR) is 96.9 cm³/mol. The zero-order valence-electron chi connectivity index (χ0n) is 15.2. The summed E-state index contributed by atoms with van der Waals surface area (Å²) in [7, 11) is 0. The van der Waals surface area contributed by atoms with Crippen molar-refractivity contribution in [3.63, 3.8) is 0 Å². The van der Waals surface area contributed by atoms with Gasteiger partial charge in [0, 0.05) is 0 Å². The minimum atomic E-state index is -4.79. The lowest BCUT2D eigenvalue weighted by Gasteiger charge is -2.21. The van der Waals surface area contributed by atoms with E-state index in [0.717, 1.165) is 24.3 Å². The maximum atomic E-state index is 13.4. The molecule has 0 aliphatic heterocycles. The molecule has 30 heavy (non-hydrogen) atoms. The molecule has 0 fully saturated rings. The molecule has 9 heteroatoms. The fraction of sp³-hybridized carbons (Fsp3) is 0.143. The van der Waals surface area contributed by atoms with Crippen molar-refractivity contribution in [3.8, 4) is 11.8 Å². The second-order valence-corrected chi connectivity index (χ2v) is 6.19. The Balaban J connectivity index is 1.66. The SMILES string of the molecule is N#Cc1ccc(OCc2ccc(C(=O)NC(c3ccc(F)cc3)C(F)(F)F)o2)cc1. The first-order chi connectivity index (χ1) is 14.3. The van der Waals surface area contributed by atoms with Crippen LogP contribution in [-0.2, 0) is 6.61 Å². The number of benzene rings is 2. The number of hydrogen-bond acceptors (Lipinski definition) is 4. The third-order valence-corrected chi connectivity index (χ3v) is 4.06. The Kier molecular flexibility index (Phi) is 6.06. The monoisotopic (exact) mass is 418 g/mol. The van der Waals surface area contributed by atoms with Crippen LogP contribution in [0.4, 0.5) is 17.6 Å². The first kappa shape index (κ1) is 20.9. The second kappa shape index (κ2) is 8.69. The van der Waals surface area contributed by atoms with Gasteiger partial charge < -0.3 is 14.5 Å². The average molecular weight is 418 g/mol. The molecule has 0 spiro atoms. The van der Waals surface area contributed by atoms with E-state index in [9.17, 15) is 22.4 Å². The number of carbonyl (C=O) groups excluding carboxylic acids is 1. The smallest absolute Gasteiger partial charge is 0.412 e. The normalized spacial score (nSPS) is 12.1. The van der Waals surface area contributed by atoms with E-state index in [2.05, 4.69) is 0 Å². The third-order valence-electron chi connectivity index (χ3n) is 4.06. The van der Waals surface area contributed by atoms with Crippen LogP contribution in [0, 0.1) is 17.1 Å². The summed E-state index contributed by atoms with van der Waals surface area (Å²) in [5.74, 6) is -1.43. The lowest BCUT2D eigenvalue weighted by Crippen LogP contribution is -2.38. The second-order valence-electron chi connectivity index (χ2n) is 6.19. The summed E-state index contributed by atoms with van der Waals surface area (Å²) >= 11 is 0. The molecule has 0 saturated carbocycles. The van der Waals surface area contributed by atoms with Gasteiger partial charge in [-0.25, -0.2) is 4.39 Å². The van der Waals surface area contributed by atoms with Crippen LogP contribution in [-0.4, -0.2) is 12.1 Å². The van der Waals surface area contributed by atoms with Gasteiger partial charge in [-0.1, -0.05) is 12.1 Å². The third kappa shape index (κ3) is 5.17. The topological polar surface area (TPSA) is 75.3 Å². The fourth-order valence-electron chi connectivity index (χ4n) is 2.57. The van der Waals surface area contributed by atoms with Gasteiger partial charge in [0.15, 0.2) is 11.8 Å². The van der Waals surface area contributed by atoms with Crippen LogP contribution in [0.25, 0.3) is 0 Å². The summed E-state index contributed by atoms with van der Waals surface area (Å²) in [6.45, 7) is -0.0696. The van der Waals surface area contributed by atoms with E-state index in [4.69, 9.17) is 14.4 Å². The van der Waals surface area contributed by atoms with Crippen LogP contribution in [0.15, 0.2) is 65.1 Å². The Bertz CT molecular complexity index is 1050. The molecule has 1 amide bonds. The van der Waals surface area contributed by atoms with E-state index in [1.54, 1.807) is 24.3 Å². The van der Waals surface area contributed by atoms with Gasteiger partial charge in [0.2, 0.25) is 0 Å². The highest BCUT2D eigenvalue weighted by Gasteiger charge is 2.42. The Morgan fingerprint density at radius 3 is 2.33 bits per heavy atom.